The molecule has 2 heterocycles. The number of hydrogen-bond acceptors (Lipinski definition) is 4. The van der Waals surface area contributed by atoms with Gasteiger partial charge in [-0.25, -0.2) is 0 Å². The Hall–Kier alpha value is -2.53. The highest BCUT2D eigenvalue weighted by atomic mass is 35.5. The number of anilines is 4. The summed E-state index contributed by atoms with van der Waals surface area (Å²) in [4.78, 5) is 5.08. The minimum Gasteiger partial charge on any atom is -0.354 e. The van der Waals surface area contributed by atoms with Crippen LogP contribution >= 0.6 is 35.9 Å². The Labute approximate surface area is 184 Å². The van der Waals surface area contributed by atoms with E-state index in [2.05, 4.69) is 95.6 Å². The first-order chi connectivity index (χ1) is 13.8. The monoisotopic (exact) mass is 432 g/mol. The third-order valence-electron chi connectivity index (χ3n) is 5.05. The van der Waals surface area contributed by atoms with Gasteiger partial charge in [0.15, 0.2) is 0 Å². The molecule has 2 aliphatic rings. The Morgan fingerprint density at radius 1 is 0.448 bits per heavy atom. The lowest BCUT2D eigenvalue weighted by Crippen LogP contribution is -2.01. The highest BCUT2D eigenvalue weighted by Crippen LogP contribution is 2.47. The van der Waals surface area contributed by atoms with Crippen molar-refractivity contribution in [3.05, 3.63) is 84.9 Å². The molecular formula is C24H17ClN2S2. The fraction of sp³-hybridized carbons (Fsp3) is 0. The van der Waals surface area contributed by atoms with Crippen LogP contribution in [0.25, 0.3) is 11.1 Å². The van der Waals surface area contributed by atoms with E-state index in [1.165, 1.54) is 53.5 Å². The van der Waals surface area contributed by atoms with E-state index in [0.29, 0.717) is 0 Å². The van der Waals surface area contributed by atoms with Gasteiger partial charge in [-0.3, -0.25) is 0 Å². The zero-order chi connectivity index (χ0) is 18.5. The Bertz CT molecular complexity index is 1140. The van der Waals surface area contributed by atoms with Gasteiger partial charge in [-0.1, -0.05) is 59.9 Å². The maximum atomic E-state index is 3.59. The number of halogens is 1. The van der Waals surface area contributed by atoms with E-state index in [-0.39, 0.29) is 12.4 Å². The molecule has 0 unspecified atom stereocenters. The van der Waals surface area contributed by atoms with E-state index in [1.807, 2.05) is 23.5 Å². The first-order valence-corrected chi connectivity index (χ1v) is 10.8. The van der Waals surface area contributed by atoms with Crippen LogP contribution in [0.1, 0.15) is 0 Å². The second-order valence-electron chi connectivity index (χ2n) is 6.87. The highest BCUT2D eigenvalue weighted by molar-refractivity contribution is 8.00. The van der Waals surface area contributed by atoms with Crippen molar-refractivity contribution in [2.45, 2.75) is 19.6 Å². The van der Waals surface area contributed by atoms with Crippen molar-refractivity contribution in [1.29, 1.82) is 0 Å². The van der Waals surface area contributed by atoms with Crippen LogP contribution in [0.4, 0.5) is 22.7 Å². The highest BCUT2D eigenvalue weighted by Gasteiger charge is 2.18. The van der Waals surface area contributed by atoms with E-state index < -0.39 is 0 Å². The summed E-state index contributed by atoms with van der Waals surface area (Å²) in [6, 6.07) is 30.3. The SMILES string of the molecule is Cl.c1ccc2c(c1)Nc1cc(-c3ccc4c(c3)Nc3ccccc3S4)ccc1S2. The van der Waals surface area contributed by atoms with Crippen LogP contribution in [0.2, 0.25) is 0 Å². The van der Waals surface area contributed by atoms with Gasteiger partial charge < -0.3 is 10.6 Å². The van der Waals surface area contributed by atoms with E-state index >= 15 is 0 Å². The maximum Gasteiger partial charge on any atom is 0.0532 e. The number of fused-ring (bicyclic) bond motifs is 4. The predicted octanol–water partition coefficient (Wildman–Crippen LogP) is 8.19. The number of benzene rings is 4. The molecule has 4 aromatic rings. The van der Waals surface area contributed by atoms with Crippen LogP contribution in [0.3, 0.4) is 0 Å². The summed E-state index contributed by atoms with van der Waals surface area (Å²) in [7, 11) is 0. The summed E-state index contributed by atoms with van der Waals surface area (Å²) in [6.45, 7) is 0. The van der Waals surface area contributed by atoms with E-state index in [4.69, 9.17) is 0 Å². The molecule has 2 N–H and O–H groups in total. The average molecular weight is 433 g/mol. The molecule has 0 aliphatic carbocycles. The third-order valence-corrected chi connectivity index (χ3v) is 7.35. The normalized spacial score (nSPS) is 12.8. The molecule has 0 saturated carbocycles. The maximum absolute atomic E-state index is 3.59. The molecule has 2 aliphatic heterocycles. The second kappa shape index (κ2) is 7.38. The standard InChI is InChI=1S/C24H16N2S2.ClH/c1-3-7-21-17(5-1)25-19-13-15(9-11-23(19)27-21)16-10-12-24-20(14-16)26-18-6-2-4-8-22(18)28-24;/h1-14,25-26H;1H. The molecule has 0 spiro atoms. The van der Waals surface area contributed by atoms with Crippen molar-refractivity contribution in [1.82, 2.24) is 0 Å². The molecule has 4 aromatic carbocycles. The van der Waals surface area contributed by atoms with Crippen LogP contribution in [0.5, 0.6) is 0 Å². The number of rotatable bonds is 1. The van der Waals surface area contributed by atoms with Crippen molar-refractivity contribution >= 4 is 58.7 Å². The zero-order valence-electron chi connectivity index (χ0n) is 15.3. The van der Waals surface area contributed by atoms with Crippen molar-refractivity contribution in [3.8, 4) is 11.1 Å². The first kappa shape index (κ1) is 18.5. The quantitative estimate of drug-likeness (QED) is 0.273. The Balaban J connectivity index is 0.00000181. The van der Waals surface area contributed by atoms with Gasteiger partial charge in [-0.15, -0.1) is 12.4 Å². The summed E-state index contributed by atoms with van der Waals surface area (Å²) < 4.78 is 0. The predicted molar refractivity (Wildman–Crippen MR) is 127 cm³/mol. The molecule has 0 radical (unpaired) electrons. The van der Waals surface area contributed by atoms with Crippen molar-refractivity contribution < 1.29 is 0 Å². The van der Waals surface area contributed by atoms with Gasteiger partial charge in [-0.05, 0) is 59.7 Å². The largest absolute Gasteiger partial charge is 0.354 e. The van der Waals surface area contributed by atoms with Gasteiger partial charge in [0.05, 0.1) is 22.7 Å². The average Bonchev–Trinajstić information content (AvgIpc) is 2.75. The lowest BCUT2D eigenvalue weighted by Gasteiger charge is -2.23. The fourth-order valence-electron chi connectivity index (χ4n) is 3.64. The van der Waals surface area contributed by atoms with Crippen LogP contribution in [0.15, 0.2) is 105 Å². The smallest absolute Gasteiger partial charge is 0.0532 e. The molecule has 29 heavy (non-hydrogen) atoms. The van der Waals surface area contributed by atoms with Gasteiger partial charge in [-0.2, -0.15) is 0 Å². The first-order valence-electron chi connectivity index (χ1n) is 9.20. The van der Waals surface area contributed by atoms with Crippen molar-refractivity contribution in [2.24, 2.45) is 0 Å². The lowest BCUT2D eigenvalue weighted by atomic mass is 10.0. The summed E-state index contributed by atoms with van der Waals surface area (Å²) in [6.07, 6.45) is 0. The summed E-state index contributed by atoms with van der Waals surface area (Å²) in [5.74, 6) is 0. The van der Waals surface area contributed by atoms with E-state index in [1.54, 1.807) is 0 Å². The molecule has 0 saturated heterocycles. The van der Waals surface area contributed by atoms with Gasteiger partial charge >= 0.3 is 0 Å². The topological polar surface area (TPSA) is 24.1 Å². The molecule has 0 bridgehead atoms. The summed E-state index contributed by atoms with van der Waals surface area (Å²) in [5.41, 5.74) is 7.15. The molecule has 2 nitrogen and oxygen atoms in total. The fourth-order valence-corrected chi connectivity index (χ4v) is 5.57. The number of hydrogen-bond donors (Lipinski definition) is 2. The molecular weight excluding hydrogens is 416 g/mol. The lowest BCUT2D eigenvalue weighted by molar-refractivity contribution is 1.30. The molecule has 142 valence electrons. The van der Waals surface area contributed by atoms with Crippen molar-refractivity contribution in [3.63, 3.8) is 0 Å². The molecule has 5 heteroatoms. The van der Waals surface area contributed by atoms with Crippen LogP contribution in [-0.4, -0.2) is 0 Å². The zero-order valence-corrected chi connectivity index (χ0v) is 17.8. The van der Waals surface area contributed by atoms with E-state index in [0.717, 1.165) is 0 Å². The molecule has 0 aromatic heterocycles. The van der Waals surface area contributed by atoms with Crippen LogP contribution < -0.4 is 10.6 Å². The van der Waals surface area contributed by atoms with E-state index in [9.17, 15) is 0 Å². The molecule has 6 rings (SSSR count). The Morgan fingerprint density at radius 2 is 0.862 bits per heavy atom. The molecule has 0 atom stereocenters. The van der Waals surface area contributed by atoms with Crippen LogP contribution in [-0.2, 0) is 0 Å². The summed E-state index contributed by atoms with van der Waals surface area (Å²) >= 11 is 3.65. The van der Waals surface area contributed by atoms with Gasteiger partial charge in [0, 0.05) is 19.6 Å². The molecule has 0 fully saturated rings. The Morgan fingerprint density at radius 3 is 1.34 bits per heavy atom. The minimum atomic E-state index is 0. The minimum absolute atomic E-state index is 0. The van der Waals surface area contributed by atoms with Crippen molar-refractivity contribution in [2.75, 3.05) is 10.6 Å². The van der Waals surface area contributed by atoms with Gasteiger partial charge in [0.25, 0.3) is 0 Å². The Kier molecular flexibility index (Phi) is 4.70. The second-order valence-corrected chi connectivity index (χ2v) is 9.04. The number of nitrogens with one attached hydrogen (secondary N) is 2. The van der Waals surface area contributed by atoms with Crippen LogP contribution in [0, 0.1) is 0 Å². The number of para-hydroxylation sites is 2. The van der Waals surface area contributed by atoms with Gasteiger partial charge in [0.1, 0.15) is 0 Å². The molecule has 0 amide bonds. The summed E-state index contributed by atoms with van der Waals surface area (Å²) in [5, 5.41) is 7.17. The third kappa shape index (κ3) is 3.27. The van der Waals surface area contributed by atoms with Gasteiger partial charge in [0.2, 0.25) is 0 Å².